The van der Waals surface area contributed by atoms with E-state index in [1.165, 1.54) is 58.9 Å². The molecule has 0 unspecified atom stereocenters. The molecule has 24 N–H and O–H groups in total. The molecule has 3 aromatic rings. The fraction of sp³-hybridized carbons (Fsp3) is 0.547. The van der Waals surface area contributed by atoms with Gasteiger partial charge in [-0.1, -0.05) is 121 Å². The van der Waals surface area contributed by atoms with Crippen LogP contribution in [0, 0.1) is 17.8 Å². The minimum absolute atomic E-state index is 0.0291. The van der Waals surface area contributed by atoms with E-state index in [9.17, 15) is 142 Å². The lowest BCUT2D eigenvalue weighted by molar-refractivity contribution is -0.143. The third-order valence-electron chi connectivity index (χ3n) is 21.3. The summed E-state index contributed by atoms with van der Waals surface area (Å²) in [5.41, 5.74) is 1.52. The molecule has 134 heavy (non-hydrogen) atoms. The predicted octanol–water partition coefficient (Wildman–Crippen LogP) is -5.90. The van der Waals surface area contributed by atoms with E-state index in [1.54, 1.807) is 74.5 Å². The Morgan fingerprint density at radius 3 is 1.14 bits per heavy atom. The SMILES string of the molecule is CC[C@H](C)[C@H](NC(=O)[C@H](CCC(=O)O)NC(=O)[C@@H](NC(=O)[C@@H]1CCCN1C(=O)[C@H](C)NC(=O)[C@@H](NC(=O)[C@H](CCC(=O)O)NC(=O)[C@H](CO)NC(=O)[C@H](CS)NC(=O)[C@H](Cc1ccccc1)NC(=O)CNC(=O)[C@@H](NC(=O)[C@H](CCC(=O)O)NC(=O)[C@H](CO)NC(=O)[C@H](CS)NC(=O)[C@H](Cc1ccc(O)cc1)NC(C)=O)C(C)C)C(C)C)[C@@H](C)O)C(=O)N[C@@H](Cc1ccccc1)C(=O)O. The number of phenolic OH excluding ortho intramolecular Hbond substituents is 1. The highest BCUT2D eigenvalue weighted by atomic mass is 32.1. The number of aliphatic hydroxyl groups is 3. The number of carboxylic acid groups (broad SMARTS) is 4. The van der Waals surface area contributed by atoms with Gasteiger partial charge in [-0.3, -0.25) is 95.9 Å². The number of carboxylic acids is 4. The van der Waals surface area contributed by atoms with Gasteiger partial charge in [0.15, 0.2) is 0 Å². The molecule has 738 valence electrons. The minimum atomic E-state index is -1.98. The quantitative estimate of drug-likeness (QED) is 0.0234. The van der Waals surface area contributed by atoms with Gasteiger partial charge in [0.2, 0.25) is 100 Å². The average Bonchev–Trinajstić information content (AvgIpc) is 1.65. The molecule has 1 heterocycles. The molecule has 17 amide bonds. The van der Waals surface area contributed by atoms with Crippen LogP contribution < -0.4 is 85.1 Å². The van der Waals surface area contributed by atoms with Gasteiger partial charge in [-0.05, 0) is 92.5 Å². The number of hydrogen-bond donors (Lipinski definition) is 26. The van der Waals surface area contributed by atoms with Crippen molar-refractivity contribution in [2.45, 2.75) is 242 Å². The Balaban J connectivity index is 1.43. The van der Waals surface area contributed by atoms with Crippen LogP contribution in [0.1, 0.15) is 137 Å². The molecule has 1 saturated heterocycles. The van der Waals surface area contributed by atoms with Gasteiger partial charge >= 0.3 is 23.9 Å². The monoisotopic (exact) mass is 1920 g/mol. The van der Waals surface area contributed by atoms with Crippen molar-refractivity contribution >= 4 is 150 Å². The highest BCUT2D eigenvalue weighted by Crippen LogP contribution is 2.22. The second-order valence-corrected chi connectivity index (χ2v) is 33.4. The van der Waals surface area contributed by atoms with Crippen LogP contribution in [0.15, 0.2) is 84.9 Å². The van der Waals surface area contributed by atoms with E-state index in [4.69, 9.17) is 0 Å². The van der Waals surface area contributed by atoms with Crippen LogP contribution in [0.4, 0.5) is 0 Å². The summed E-state index contributed by atoms with van der Waals surface area (Å²) < 4.78 is 0. The number of rotatable bonds is 57. The van der Waals surface area contributed by atoms with E-state index < -0.39 is 315 Å². The molecule has 46 nitrogen and oxygen atoms in total. The molecule has 0 saturated carbocycles. The number of aliphatic hydroxyl groups excluding tert-OH is 3. The first-order chi connectivity index (χ1) is 63.2. The Hall–Kier alpha value is -13.1. The van der Waals surface area contributed by atoms with Crippen molar-refractivity contribution in [2.75, 3.05) is 37.8 Å². The summed E-state index contributed by atoms with van der Waals surface area (Å²) >= 11 is 8.33. The minimum Gasteiger partial charge on any atom is -0.508 e. The van der Waals surface area contributed by atoms with E-state index in [1.807, 2.05) is 0 Å². The van der Waals surface area contributed by atoms with Gasteiger partial charge in [-0.25, -0.2) is 4.79 Å². The van der Waals surface area contributed by atoms with Crippen LogP contribution in [0.25, 0.3) is 0 Å². The predicted molar refractivity (Wildman–Crippen MR) is 481 cm³/mol. The number of aromatic hydroxyl groups is 1. The molecule has 4 rings (SSSR count). The fourth-order valence-electron chi connectivity index (χ4n) is 13.6. The summed E-state index contributed by atoms with van der Waals surface area (Å²) in [4.78, 5) is 284. The molecule has 0 radical (unpaired) electrons. The van der Waals surface area contributed by atoms with Gasteiger partial charge in [0.05, 0.1) is 25.9 Å². The molecule has 0 aliphatic carbocycles. The smallest absolute Gasteiger partial charge is 0.326 e. The van der Waals surface area contributed by atoms with Crippen molar-refractivity contribution in [1.82, 2.24) is 90.0 Å². The largest absolute Gasteiger partial charge is 0.508 e. The Morgan fingerprint density at radius 2 is 0.746 bits per heavy atom. The average molecular weight is 1920 g/mol. The van der Waals surface area contributed by atoms with Crippen LogP contribution in [-0.4, -0.2) is 311 Å². The lowest BCUT2D eigenvalue weighted by atomic mass is 9.96. The van der Waals surface area contributed by atoms with E-state index in [0.29, 0.717) is 16.7 Å². The fourth-order valence-corrected chi connectivity index (χ4v) is 14.1. The van der Waals surface area contributed by atoms with E-state index >= 15 is 0 Å². The van der Waals surface area contributed by atoms with Crippen LogP contribution in [-0.2, 0) is 120 Å². The van der Waals surface area contributed by atoms with Gasteiger partial charge in [0.1, 0.15) is 102 Å². The summed E-state index contributed by atoms with van der Waals surface area (Å²) in [6.45, 7) is 9.28. The molecule has 48 heteroatoms. The molecule has 1 fully saturated rings. The van der Waals surface area contributed by atoms with Crippen molar-refractivity contribution in [3.05, 3.63) is 102 Å². The summed E-state index contributed by atoms with van der Waals surface area (Å²) in [5, 5.41) is 118. The number of aliphatic carboxylic acids is 4. The van der Waals surface area contributed by atoms with E-state index in [-0.39, 0.29) is 50.8 Å². The first kappa shape index (κ1) is 113. The van der Waals surface area contributed by atoms with Gasteiger partial charge in [0, 0.05) is 63.5 Å². The molecule has 1 aliphatic heterocycles. The highest BCUT2D eigenvalue weighted by Gasteiger charge is 2.43. The first-order valence-electron chi connectivity index (χ1n) is 43.1. The zero-order valence-corrected chi connectivity index (χ0v) is 77.1. The Kier molecular flexibility index (Phi) is 47.9. The van der Waals surface area contributed by atoms with Gasteiger partial charge < -0.3 is 131 Å². The van der Waals surface area contributed by atoms with Crippen molar-refractivity contribution in [3.63, 3.8) is 0 Å². The number of nitrogens with zero attached hydrogens (tertiary/aromatic N) is 1. The number of thiol groups is 2. The van der Waals surface area contributed by atoms with Crippen molar-refractivity contribution in [3.8, 4) is 5.75 Å². The summed E-state index contributed by atoms with van der Waals surface area (Å²) in [7, 11) is 0. The number of carbonyl (C=O) groups is 21. The number of hydrogen-bond acceptors (Lipinski definition) is 27. The zero-order valence-electron chi connectivity index (χ0n) is 75.4. The third kappa shape index (κ3) is 37.9. The third-order valence-corrected chi connectivity index (χ3v) is 22.1. The molecular formula is C86H123N17O29S2. The lowest BCUT2D eigenvalue weighted by Gasteiger charge is -2.31. The number of nitrogens with one attached hydrogen (secondary N) is 16. The Bertz CT molecular complexity index is 4600. The van der Waals surface area contributed by atoms with Crippen LogP contribution in [0.5, 0.6) is 5.75 Å². The van der Waals surface area contributed by atoms with Crippen molar-refractivity contribution in [1.29, 1.82) is 0 Å². The molecule has 1 aliphatic rings. The maximum atomic E-state index is 14.3. The maximum Gasteiger partial charge on any atom is 0.326 e. The molecule has 0 bridgehead atoms. The second kappa shape index (κ2) is 56.7. The van der Waals surface area contributed by atoms with Crippen LogP contribution >= 0.6 is 25.3 Å². The number of carbonyl (C=O) groups excluding carboxylic acids is 17. The zero-order chi connectivity index (χ0) is 100. The second-order valence-electron chi connectivity index (χ2n) is 32.7. The Morgan fingerprint density at radius 1 is 0.396 bits per heavy atom. The first-order valence-corrected chi connectivity index (χ1v) is 44.4. The lowest BCUT2D eigenvalue weighted by Crippen LogP contribution is -2.62. The van der Waals surface area contributed by atoms with E-state index in [0.717, 1.165) is 18.7 Å². The van der Waals surface area contributed by atoms with E-state index in [2.05, 4.69) is 110 Å². The molecule has 18 atom stereocenters. The highest BCUT2D eigenvalue weighted by molar-refractivity contribution is 7.80. The van der Waals surface area contributed by atoms with Crippen molar-refractivity contribution in [2.24, 2.45) is 17.8 Å². The van der Waals surface area contributed by atoms with Gasteiger partial charge in [-0.2, -0.15) is 25.3 Å². The Labute approximate surface area is 782 Å². The summed E-state index contributed by atoms with van der Waals surface area (Å²) in [6, 6.07) is -3.96. The number of phenols is 1. The molecule has 0 spiro atoms. The molecule has 3 aromatic carbocycles. The van der Waals surface area contributed by atoms with Gasteiger partial charge in [-0.15, -0.1) is 0 Å². The number of likely N-dealkylation sites (tertiary alicyclic amines) is 1. The summed E-state index contributed by atoms with van der Waals surface area (Å²) in [5.74, 6) is -26.8. The summed E-state index contributed by atoms with van der Waals surface area (Å²) in [6.07, 6.45) is -5.96. The van der Waals surface area contributed by atoms with Gasteiger partial charge in [0.25, 0.3) is 0 Å². The topological polar surface area (TPSA) is 716 Å². The standard InChI is InChI=1S/C86H123N17O29S2/c1-10-44(6)69(83(128)94-57(86(131)132)36-49-20-15-12-16-21-49)101-73(118)54(29-32-66(114)115)93-84(129)70(46(8)106)102-80(125)62-22-17-33-103(62)85(130)45(7)88-82(127)68(43(4)5)100-72(117)53(28-31-65(112)113)92-77(122)59(39-105)96-79(124)61(41-134)98-75(120)56(34-48-18-13-11-14-19-48)90-63(109)37-87-81(126)67(42(2)3)99-71(116)52(27-30-64(110)111)91-76(121)58(38-104)95-78(123)60(40-133)97-74(119)55(89-47(9)107)35-50-23-25-51(108)26-24-50/h11-16,18-21,23-26,42-46,52-62,67-70,104-106,108,133-134H,10,17,22,27-41H2,1-9H3,(H,87,126)(H,88,127)(H,89,107)(H,90,109)(H,91,121)(H,92,122)(H,93,129)(H,94,128)(H,95,123)(H,96,124)(H,97,119)(H,98,120)(H,99,116)(H,100,117)(H,101,118)(H,102,125)(H,110,111)(H,112,113)(H,114,115)(H,131,132)/t44-,45-,46+,52-,53-,54-,55-,56-,57-,58-,59-,60-,61-,62-,67-,68-,69-,70-/m0/s1. The number of amides is 17. The van der Waals surface area contributed by atoms with Crippen molar-refractivity contribution < 1.29 is 142 Å². The molecule has 0 aromatic heterocycles. The normalized spacial score (nSPS) is 16.1. The molecular weight excluding hydrogens is 1800 g/mol. The maximum absolute atomic E-state index is 14.3. The van der Waals surface area contributed by atoms with Crippen LogP contribution in [0.3, 0.4) is 0 Å². The number of benzene rings is 3. The van der Waals surface area contributed by atoms with Crippen LogP contribution in [0.2, 0.25) is 0 Å².